The van der Waals surface area contributed by atoms with Crippen LogP contribution in [0.15, 0.2) is 54.6 Å². The fourth-order valence-electron chi connectivity index (χ4n) is 3.65. The van der Waals surface area contributed by atoms with Crippen LogP contribution >= 0.6 is 23.5 Å². The summed E-state index contributed by atoms with van der Waals surface area (Å²) in [6, 6.07) is 19.2. The summed E-state index contributed by atoms with van der Waals surface area (Å²) in [7, 11) is 0. The first-order valence-corrected chi connectivity index (χ1v) is 13.9. The molecule has 6 heteroatoms. The average molecular weight is 489 g/mol. The first kappa shape index (κ1) is 27.3. The Labute approximate surface area is 206 Å². The highest BCUT2D eigenvalue weighted by Crippen LogP contribution is 2.40. The van der Waals surface area contributed by atoms with Crippen molar-refractivity contribution in [1.29, 1.82) is 0 Å². The number of carboxylic acids is 2. The summed E-state index contributed by atoms with van der Waals surface area (Å²) in [6.07, 6.45) is 9.96. The van der Waals surface area contributed by atoms with E-state index in [2.05, 4.69) is 54.6 Å². The van der Waals surface area contributed by atoms with Crippen LogP contribution in [0.1, 0.15) is 72.6 Å². The van der Waals surface area contributed by atoms with Crippen LogP contribution in [-0.2, 0) is 22.4 Å². The summed E-state index contributed by atoms with van der Waals surface area (Å²) in [4.78, 5) is 21.7. The zero-order valence-electron chi connectivity index (χ0n) is 19.3. The van der Waals surface area contributed by atoms with E-state index in [-0.39, 0.29) is 17.4 Å². The molecule has 0 heterocycles. The molecule has 0 aliphatic rings. The highest BCUT2D eigenvalue weighted by atomic mass is 32.2. The van der Waals surface area contributed by atoms with Gasteiger partial charge in [-0.2, -0.15) is 0 Å². The highest BCUT2D eigenvalue weighted by Gasteiger charge is 2.15. The third-order valence-electron chi connectivity index (χ3n) is 5.42. The Bertz CT molecular complexity index is 806. The van der Waals surface area contributed by atoms with Crippen molar-refractivity contribution in [1.82, 2.24) is 0 Å². The Morgan fingerprint density at radius 3 is 1.76 bits per heavy atom. The summed E-state index contributed by atoms with van der Waals surface area (Å²) < 4.78 is 0.0632. The number of carbonyl (C=O) groups is 2. The normalized spacial score (nSPS) is 11.1. The van der Waals surface area contributed by atoms with Crippen molar-refractivity contribution in [3.8, 4) is 0 Å². The molecule has 0 saturated carbocycles. The second kappa shape index (κ2) is 16.7. The van der Waals surface area contributed by atoms with Crippen LogP contribution < -0.4 is 0 Å². The maximum absolute atomic E-state index is 10.9. The van der Waals surface area contributed by atoms with Gasteiger partial charge < -0.3 is 10.2 Å². The minimum absolute atomic E-state index is 0.0632. The average Bonchev–Trinajstić information content (AvgIpc) is 2.80. The van der Waals surface area contributed by atoms with Crippen LogP contribution in [0.5, 0.6) is 0 Å². The second-order valence-corrected chi connectivity index (χ2v) is 10.9. The van der Waals surface area contributed by atoms with E-state index in [4.69, 9.17) is 10.2 Å². The molecule has 0 saturated heterocycles. The number of aliphatic carboxylic acids is 2. The standard InChI is InChI=1S/C27H36O4S2/c28-25(29)17-19-32-27(33-20-18-26(30)31)24-16-10-15-23(21-24)14-7-4-2-1-3-6-11-22-12-8-5-9-13-22/h5,8-10,12-13,15-16,21,27H,1-4,6-7,11,14,17-20H2,(H,28,29)(H,30,31). The lowest BCUT2D eigenvalue weighted by atomic mass is 10.0. The highest BCUT2D eigenvalue weighted by molar-refractivity contribution is 8.16. The van der Waals surface area contributed by atoms with Gasteiger partial charge in [-0.25, -0.2) is 0 Å². The molecular formula is C27H36O4S2. The molecule has 2 rings (SSSR count). The Kier molecular flexibility index (Phi) is 13.8. The maximum atomic E-state index is 10.9. The Balaban J connectivity index is 1.71. The van der Waals surface area contributed by atoms with Gasteiger partial charge >= 0.3 is 11.9 Å². The van der Waals surface area contributed by atoms with Gasteiger partial charge in [0.2, 0.25) is 0 Å². The number of hydrogen-bond acceptors (Lipinski definition) is 4. The van der Waals surface area contributed by atoms with Crippen LogP contribution in [0.2, 0.25) is 0 Å². The molecule has 180 valence electrons. The van der Waals surface area contributed by atoms with E-state index >= 15 is 0 Å². The van der Waals surface area contributed by atoms with Crippen molar-refractivity contribution >= 4 is 35.5 Å². The van der Waals surface area contributed by atoms with Crippen molar-refractivity contribution in [2.45, 2.75) is 68.8 Å². The number of hydrogen-bond donors (Lipinski definition) is 2. The molecule has 33 heavy (non-hydrogen) atoms. The largest absolute Gasteiger partial charge is 0.481 e. The molecule has 2 N–H and O–H groups in total. The van der Waals surface area contributed by atoms with Crippen molar-refractivity contribution in [3.63, 3.8) is 0 Å². The second-order valence-electron chi connectivity index (χ2n) is 8.21. The minimum atomic E-state index is -0.800. The van der Waals surface area contributed by atoms with Crippen molar-refractivity contribution in [2.24, 2.45) is 0 Å². The van der Waals surface area contributed by atoms with E-state index < -0.39 is 11.9 Å². The molecule has 0 amide bonds. The van der Waals surface area contributed by atoms with E-state index in [1.54, 1.807) is 23.5 Å². The van der Waals surface area contributed by atoms with Gasteiger partial charge in [0, 0.05) is 11.5 Å². The van der Waals surface area contributed by atoms with Gasteiger partial charge in [0.25, 0.3) is 0 Å². The molecule has 2 aromatic rings. The van der Waals surface area contributed by atoms with Crippen molar-refractivity contribution < 1.29 is 19.8 Å². The number of aryl methyl sites for hydroxylation is 2. The van der Waals surface area contributed by atoms with E-state index in [0.717, 1.165) is 12.0 Å². The molecular weight excluding hydrogens is 452 g/mol. The fourth-order valence-corrected chi connectivity index (χ4v) is 6.31. The zero-order chi connectivity index (χ0) is 23.7. The van der Waals surface area contributed by atoms with Crippen LogP contribution in [0, 0.1) is 0 Å². The predicted molar refractivity (Wildman–Crippen MR) is 140 cm³/mol. The first-order chi connectivity index (χ1) is 16.0. The lowest BCUT2D eigenvalue weighted by Gasteiger charge is -2.17. The van der Waals surface area contributed by atoms with Gasteiger partial charge in [-0.1, -0.05) is 80.3 Å². The van der Waals surface area contributed by atoms with Crippen LogP contribution in [0.25, 0.3) is 0 Å². The summed E-state index contributed by atoms with van der Waals surface area (Å²) in [5.41, 5.74) is 3.89. The van der Waals surface area contributed by atoms with Crippen molar-refractivity contribution in [2.75, 3.05) is 11.5 Å². The van der Waals surface area contributed by atoms with Crippen LogP contribution in [0.3, 0.4) is 0 Å². The van der Waals surface area contributed by atoms with E-state index in [9.17, 15) is 9.59 Å². The molecule has 0 fully saturated rings. The quantitative estimate of drug-likeness (QED) is 0.170. The third kappa shape index (κ3) is 12.8. The van der Waals surface area contributed by atoms with E-state index in [1.165, 1.54) is 56.1 Å². The summed E-state index contributed by atoms with van der Waals surface area (Å²) >= 11 is 3.18. The molecule has 0 bridgehead atoms. The maximum Gasteiger partial charge on any atom is 0.304 e. The fraction of sp³-hybridized carbons (Fsp3) is 0.481. The molecule has 2 aromatic carbocycles. The first-order valence-electron chi connectivity index (χ1n) is 11.8. The molecule has 0 radical (unpaired) electrons. The molecule has 0 unspecified atom stereocenters. The van der Waals surface area contributed by atoms with E-state index in [0.29, 0.717) is 11.5 Å². The van der Waals surface area contributed by atoms with Crippen LogP contribution in [0.4, 0.5) is 0 Å². The lowest BCUT2D eigenvalue weighted by Crippen LogP contribution is -2.01. The molecule has 0 aliphatic carbocycles. The molecule has 4 nitrogen and oxygen atoms in total. The summed E-state index contributed by atoms with van der Waals surface area (Å²) in [6.45, 7) is 0. The predicted octanol–water partition coefficient (Wildman–Crippen LogP) is 7.23. The van der Waals surface area contributed by atoms with E-state index in [1.807, 2.05) is 0 Å². The number of unbranched alkanes of at least 4 members (excludes halogenated alkanes) is 5. The summed E-state index contributed by atoms with van der Waals surface area (Å²) in [5, 5.41) is 17.9. The lowest BCUT2D eigenvalue weighted by molar-refractivity contribution is -0.137. The smallest absolute Gasteiger partial charge is 0.304 e. The topological polar surface area (TPSA) is 74.6 Å². The van der Waals surface area contributed by atoms with Gasteiger partial charge in [0.15, 0.2) is 0 Å². The Morgan fingerprint density at radius 2 is 1.18 bits per heavy atom. The van der Waals surface area contributed by atoms with Gasteiger partial charge in [-0.15, -0.1) is 23.5 Å². The van der Waals surface area contributed by atoms with Gasteiger partial charge in [-0.05, 0) is 42.4 Å². The van der Waals surface area contributed by atoms with Crippen LogP contribution in [-0.4, -0.2) is 33.7 Å². The van der Waals surface area contributed by atoms with Gasteiger partial charge in [-0.3, -0.25) is 9.59 Å². The molecule has 0 aromatic heterocycles. The number of thioether (sulfide) groups is 2. The van der Waals surface area contributed by atoms with Crippen molar-refractivity contribution in [3.05, 3.63) is 71.3 Å². The van der Waals surface area contributed by atoms with Gasteiger partial charge in [0.05, 0.1) is 17.4 Å². The number of benzene rings is 2. The SMILES string of the molecule is O=C(O)CCSC(SCCC(=O)O)c1cccc(CCCCCCCCc2ccccc2)c1. The third-order valence-corrected chi connectivity index (χ3v) is 8.26. The molecule has 0 spiro atoms. The molecule has 0 atom stereocenters. The minimum Gasteiger partial charge on any atom is -0.481 e. The number of carboxylic acid groups (broad SMARTS) is 2. The molecule has 0 aliphatic heterocycles. The summed E-state index contributed by atoms with van der Waals surface area (Å²) in [5.74, 6) is -0.556. The zero-order valence-corrected chi connectivity index (χ0v) is 20.9. The number of rotatable bonds is 18. The Morgan fingerprint density at radius 1 is 0.667 bits per heavy atom. The Hall–Kier alpha value is -1.92. The van der Waals surface area contributed by atoms with Gasteiger partial charge in [0.1, 0.15) is 0 Å². The monoisotopic (exact) mass is 488 g/mol.